The summed E-state index contributed by atoms with van der Waals surface area (Å²) in [5, 5.41) is 5.13. The number of nitrogens with zero attached hydrogens (tertiary/aromatic N) is 5. The molecule has 0 saturated carbocycles. The molecule has 3 aromatic heterocycles. The molecule has 0 aliphatic heterocycles. The van der Waals surface area contributed by atoms with Gasteiger partial charge in [0.05, 0.1) is 17.1 Å². The zero-order valence-electron chi connectivity index (χ0n) is 17.8. The molecule has 0 N–H and O–H groups in total. The Kier molecular flexibility index (Phi) is 4.95. The van der Waals surface area contributed by atoms with E-state index < -0.39 is 0 Å². The molecule has 5 rings (SSSR count). The second-order valence-corrected chi connectivity index (χ2v) is 7.53. The van der Waals surface area contributed by atoms with Crippen LogP contribution in [0.15, 0.2) is 95.0 Å². The molecular weight excluding hydrogens is 398 g/mol. The van der Waals surface area contributed by atoms with E-state index in [1.165, 1.54) is 4.68 Å². The standard InChI is InChI=1S/C26H21N5O/c1-18-16-21(19(2)30(18)24-14-8-9-15-27-24)17-28-31-25(20-10-4-3-5-11-20)29-23-13-7-6-12-22(23)26(31)32/h3-17H,1-2H3. The lowest BCUT2D eigenvalue weighted by Crippen LogP contribution is -2.20. The Morgan fingerprint density at radius 3 is 2.44 bits per heavy atom. The quantitative estimate of drug-likeness (QED) is 0.395. The SMILES string of the molecule is Cc1cc(C=Nn2c(-c3ccccc3)nc3ccccc3c2=O)c(C)n1-c1ccccn1. The van der Waals surface area contributed by atoms with E-state index in [9.17, 15) is 4.79 Å². The summed E-state index contributed by atoms with van der Waals surface area (Å²) in [4.78, 5) is 22.5. The van der Waals surface area contributed by atoms with E-state index in [1.807, 2.05) is 86.6 Å². The van der Waals surface area contributed by atoms with E-state index in [0.717, 1.165) is 28.3 Å². The first-order valence-electron chi connectivity index (χ1n) is 10.4. The van der Waals surface area contributed by atoms with Gasteiger partial charge in [0.15, 0.2) is 5.82 Å². The Labute approximate surface area is 185 Å². The summed E-state index contributed by atoms with van der Waals surface area (Å²) in [5.74, 6) is 1.35. The molecule has 0 atom stereocenters. The summed E-state index contributed by atoms with van der Waals surface area (Å²) >= 11 is 0. The van der Waals surface area contributed by atoms with Crippen molar-refractivity contribution in [2.24, 2.45) is 5.10 Å². The molecule has 0 amide bonds. The van der Waals surface area contributed by atoms with Crippen LogP contribution in [0.1, 0.15) is 17.0 Å². The molecule has 0 unspecified atom stereocenters. The first kappa shape index (κ1) is 19.6. The van der Waals surface area contributed by atoms with Gasteiger partial charge in [0.2, 0.25) is 0 Å². The van der Waals surface area contributed by atoms with Gasteiger partial charge in [0.25, 0.3) is 5.56 Å². The maximum absolute atomic E-state index is 13.3. The van der Waals surface area contributed by atoms with E-state index >= 15 is 0 Å². The second-order valence-electron chi connectivity index (χ2n) is 7.53. The Bertz CT molecular complexity index is 1500. The first-order valence-corrected chi connectivity index (χ1v) is 10.4. The monoisotopic (exact) mass is 419 g/mol. The largest absolute Gasteiger partial charge is 0.303 e. The zero-order chi connectivity index (χ0) is 22.1. The fourth-order valence-electron chi connectivity index (χ4n) is 3.88. The Hall–Kier alpha value is -4.32. The lowest BCUT2D eigenvalue weighted by molar-refractivity contribution is 0.829. The molecule has 0 spiro atoms. The van der Waals surface area contributed by atoms with Crippen LogP contribution >= 0.6 is 0 Å². The molecule has 6 heteroatoms. The lowest BCUT2D eigenvalue weighted by atomic mass is 10.2. The topological polar surface area (TPSA) is 65.1 Å². The van der Waals surface area contributed by atoms with Crippen molar-refractivity contribution in [3.8, 4) is 17.2 Å². The summed E-state index contributed by atoms with van der Waals surface area (Å²) in [6.45, 7) is 4.04. The van der Waals surface area contributed by atoms with Crippen molar-refractivity contribution in [3.05, 3.63) is 112 Å². The van der Waals surface area contributed by atoms with Crippen LogP contribution in [-0.2, 0) is 0 Å². The molecule has 0 aliphatic rings. The van der Waals surface area contributed by atoms with E-state index in [0.29, 0.717) is 16.7 Å². The van der Waals surface area contributed by atoms with Crippen LogP contribution in [0.4, 0.5) is 0 Å². The van der Waals surface area contributed by atoms with Gasteiger partial charge in [-0.1, -0.05) is 48.5 Å². The fourth-order valence-corrected chi connectivity index (χ4v) is 3.88. The predicted octanol–water partition coefficient (Wildman–Crippen LogP) is 4.75. The van der Waals surface area contributed by atoms with E-state index in [1.54, 1.807) is 18.5 Å². The molecule has 32 heavy (non-hydrogen) atoms. The Morgan fingerprint density at radius 2 is 1.66 bits per heavy atom. The number of fused-ring (bicyclic) bond motifs is 1. The minimum absolute atomic E-state index is 0.204. The van der Waals surface area contributed by atoms with Gasteiger partial charge in [0, 0.05) is 28.7 Å². The first-order chi connectivity index (χ1) is 15.6. The molecule has 0 bridgehead atoms. The number of aryl methyl sites for hydroxylation is 1. The average molecular weight is 419 g/mol. The lowest BCUT2D eigenvalue weighted by Gasteiger charge is -2.09. The third-order valence-electron chi connectivity index (χ3n) is 5.45. The minimum atomic E-state index is -0.204. The normalized spacial score (nSPS) is 11.4. The van der Waals surface area contributed by atoms with E-state index in [4.69, 9.17) is 4.98 Å². The van der Waals surface area contributed by atoms with Gasteiger partial charge in [-0.05, 0) is 44.2 Å². The van der Waals surface area contributed by atoms with Crippen LogP contribution in [0.3, 0.4) is 0 Å². The molecule has 6 nitrogen and oxygen atoms in total. The molecule has 2 aromatic carbocycles. The smallest absolute Gasteiger partial charge is 0.282 e. The molecule has 0 aliphatic carbocycles. The highest BCUT2D eigenvalue weighted by Gasteiger charge is 2.13. The third-order valence-corrected chi connectivity index (χ3v) is 5.45. The maximum atomic E-state index is 13.3. The van der Waals surface area contributed by atoms with Crippen LogP contribution in [0.2, 0.25) is 0 Å². The van der Waals surface area contributed by atoms with Crippen LogP contribution in [0, 0.1) is 13.8 Å². The van der Waals surface area contributed by atoms with Crippen molar-refractivity contribution in [2.75, 3.05) is 0 Å². The average Bonchev–Trinajstić information content (AvgIpc) is 3.12. The fraction of sp³-hybridized carbons (Fsp3) is 0.0769. The van der Waals surface area contributed by atoms with Crippen molar-refractivity contribution < 1.29 is 0 Å². The number of hydrogen-bond donors (Lipinski definition) is 0. The van der Waals surface area contributed by atoms with Crippen LogP contribution in [0.5, 0.6) is 0 Å². The van der Waals surface area contributed by atoms with Gasteiger partial charge in [-0.3, -0.25) is 4.79 Å². The van der Waals surface area contributed by atoms with E-state index in [2.05, 4.69) is 14.7 Å². The van der Waals surface area contributed by atoms with Gasteiger partial charge < -0.3 is 4.57 Å². The van der Waals surface area contributed by atoms with Gasteiger partial charge in [-0.25, -0.2) is 9.97 Å². The van der Waals surface area contributed by atoms with Gasteiger partial charge >= 0.3 is 0 Å². The molecule has 0 radical (unpaired) electrons. The molecule has 3 heterocycles. The van der Waals surface area contributed by atoms with Crippen molar-refractivity contribution in [3.63, 3.8) is 0 Å². The highest BCUT2D eigenvalue weighted by molar-refractivity contribution is 5.83. The number of para-hydroxylation sites is 1. The summed E-state index contributed by atoms with van der Waals surface area (Å²) < 4.78 is 3.45. The van der Waals surface area contributed by atoms with Crippen LogP contribution in [0.25, 0.3) is 28.1 Å². The second kappa shape index (κ2) is 8.07. The Balaban J connectivity index is 1.67. The van der Waals surface area contributed by atoms with Crippen LogP contribution < -0.4 is 5.56 Å². The highest BCUT2D eigenvalue weighted by Crippen LogP contribution is 2.20. The van der Waals surface area contributed by atoms with E-state index in [-0.39, 0.29) is 5.56 Å². The maximum Gasteiger partial charge on any atom is 0.282 e. The number of benzene rings is 2. The summed E-state index contributed by atoms with van der Waals surface area (Å²) in [6.07, 6.45) is 3.49. The minimum Gasteiger partial charge on any atom is -0.303 e. The van der Waals surface area contributed by atoms with Gasteiger partial charge in [-0.15, -0.1) is 0 Å². The van der Waals surface area contributed by atoms with Crippen molar-refractivity contribution >= 4 is 17.1 Å². The van der Waals surface area contributed by atoms with Crippen molar-refractivity contribution in [2.45, 2.75) is 13.8 Å². The van der Waals surface area contributed by atoms with Gasteiger partial charge in [0.1, 0.15) is 5.82 Å². The number of hydrogen-bond acceptors (Lipinski definition) is 4. The number of pyridine rings is 1. The highest BCUT2D eigenvalue weighted by atomic mass is 16.1. The van der Waals surface area contributed by atoms with Gasteiger partial charge in [-0.2, -0.15) is 9.78 Å². The number of aromatic nitrogens is 4. The van der Waals surface area contributed by atoms with Crippen LogP contribution in [-0.4, -0.2) is 25.4 Å². The summed E-state index contributed by atoms with van der Waals surface area (Å²) in [5.41, 5.74) is 4.21. The summed E-state index contributed by atoms with van der Waals surface area (Å²) in [7, 11) is 0. The third kappa shape index (κ3) is 3.41. The van der Waals surface area contributed by atoms with Crippen molar-refractivity contribution in [1.82, 2.24) is 19.2 Å². The summed E-state index contributed by atoms with van der Waals surface area (Å²) in [6, 6.07) is 24.8. The molecule has 0 saturated heterocycles. The zero-order valence-corrected chi connectivity index (χ0v) is 17.8. The predicted molar refractivity (Wildman–Crippen MR) is 127 cm³/mol. The molecular formula is C26H21N5O. The Morgan fingerprint density at radius 1 is 0.906 bits per heavy atom. The van der Waals surface area contributed by atoms with Crippen molar-refractivity contribution in [1.29, 1.82) is 0 Å². The molecule has 0 fully saturated rings. The molecule has 5 aromatic rings. The molecule has 156 valence electrons. The number of rotatable bonds is 4.